The lowest BCUT2D eigenvalue weighted by Crippen LogP contribution is -2.66. The first-order valence-electron chi connectivity index (χ1n) is 12.3. The van der Waals surface area contributed by atoms with E-state index in [0.717, 1.165) is 12.3 Å². The van der Waals surface area contributed by atoms with Crippen LogP contribution in [0.4, 0.5) is 0 Å². The van der Waals surface area contributed by atoms with E-state index in [0.29, 0.717) is 31.2 Å². The van der Waals surface area contributed by atoms with Crippen LogP contribution in [0.25, 0.3) is 0 Å². The van der Waals surface area contributed by atoms with Gasteiger partial charge >= 0.3 is 5.97 Å². The molecule has 2 atom stereocenters. The molecule has 2 aromatic rings. The number of amides is 2. The highest BCUT2D eigenvalue weighted by molar-refractivity contribution is 7.90. The van der Waals surface area contributed by atoms with E-state index in [9.17, 15) is 27.9 Å². The fourth-order valence-corrected chi connectivity index (χ4v) is 6.24. The molecule has 0 saturated carbocycles. The average Bonchev–Trinajstić information content (AvgIpc) is 3.27. The number of carboxylic acid groups (broad SMARTS) is 1. The minimum absolute atomic E-state index is 0.0874. The Labute approximate surface area is 211 Å². The Hall–Kier alpha value is -3.20. The maximum absolute atomic E-state index is 13.9. The van der Waals surface area contributed by atoms with E-state index in [2.05, 4.69) is 5.32 Å². The summed E-state index contributed by atoms with van der Waals surface area (Å²) >= 11 is 0. The van der Waals surface area contributed by atoms with Crippen LogP contribution in [0.15, 0.2) is 47.4 Å². The topological polar surface area (TPSA) is 121 Å². The summed E-state index contributed by atoms with van der Waals surface area (Å²) in [6.45, 7) is 3.84. The van der Waals surface area contributed by atoms with Gasteiger partial charge in [0.2, 0.25) is 11.8 Å². The van der Waals surface area contributed by atoms with Crippen molar-refractivity contribution in [3.8, 4) is 0 Å². The highest BCUT2D eigenvalue weighted by Crippen LogP contribution is 2.33. The van der Waals surface area contributed by atoms with Crippen LogP contribution >= 0.6 is 0 Å². The summed E-state index contributed by atoms with van der Waals surface area (Å²) in [7, 11) is -3.61. The molecule has 0 radical (unpaired) electrons. The molecule has 2 aromatic carbocycles. The third-order valence-electron chi connectivity index (χ3n) is 7.58. The van der Waals surface area contributed by atoms with Crippen molar-refractivity contribution in [3.05, 3.63) is 64.7 Å². The molecular formula is C27H32N2O6S. The standard InChI is InChI=1S/C27H32N2O6S/c1-4-16(5-2)24-25(30)28-23(20-12-17-8-6-7-9-18(17)13-20)26(31)29(24)15-19-10-11-21(36(3,34)35)14-22(19)27(32)33/h6-11,14,16,20,23-24H,4-5,12-13,15H2,1-3H3,(H,28,30)(H,32,33)/t23?,24-/m1/s1. The first-order valence-corrected chi connectivity index (χ1v) is 14.2. The molecular weight excluding hydrogens is 480 g/mol. The predicted octanol–water partition coefficient (Wildman–Crippen LogP) is 2.84. The number of hydrogen-bond acceptors (Lipinski definition) is 5. The first kappa shape index (κ1) is 25.9. The van der Waals surface area contributed by atoms with E-state index >= 15 is 0 Å². The lowest BCUT2D eigenvalue weighted by atomic mass is 9.85. The number of hydrogen-bond donors (Lipinski definition) is 2. The number of fused-ring (bicyclic) bond motifs is 1. The average molecular weight is 513 g/mol. The van der Waals surface area contributed by atoms with E-state index in [4.69, 9.17) is 0 Å². The molecule has 1 aliphatic carbocycles. The lowest BCUT2D eigenvalue weighted by Gasteiger charge is -2.44. The summed E-state index contributed by atoms with van der Waals surface area (Å²) in [6, 6.07) is 10.5. The van der Waals surface area contributed by atoms with Gasteiger partial charge in [0.05, 0.1) is 10.5 Å². The highest BCUT2D eigenvalue weighted by Gasteiger charge is 2.47. The van der Waals surface area contributed by atoms with Crippen LogP contribution in [0, 0.1) is 11.8 Å². The first-order chi connectivity index (χ1) is 17.0. The number of carbonyl (C=O) groups is 3. The third kappa shape index (κ3) is 4.89. The monoisotopic (exact) mass is 512 g/mol. The normalized spacial score (nSPS) is 20.5. The molecule has 1 fully saturated rings. The second kappa shape index (κ2) is 10.0. The van der Waals surface area contributed by atoms with Crippen LogP contribution < -0.4 is 5.32 Å². The summed E-state index contributed by atoms with van der Waals surface area (Å²) < 4.78 is 24.0. The molecule has 192 valence electrons. The Balaban J connectivity index is 1.71. The third-order valence-corrected chi connectivity index (χ3v) is 8.69. The molecule has 1 heterocycles. The zero-order chi connectivity index (χ0) is 26.2. The van der Waals surface area contributed by atoms with Crippen molar-refractivity contribution in [1.82, 2.24) is 10.2 Å². The molecule has 0 spiro atoms. The van der Waals surface area contributed by atoms with Crippen molar-refractivity contribution in [2.45, 2.75) is 63.1 Å². The molecule has 8 nitrogen and oxygen atoms in total. The van der Waals surface area contributed by atoms with Gasteiger partial charge in [-0.15, -0.1) is 0 Å². The number of aromatic carboxylic acids is 1. The minimum Gasteiger partial charge on any atom is -0.478 e. The second-order valence-electron chi connectivity index (χ2n) is 9.81. The number of carboxylic acids is 1. The van der Waals surface area contributed by atoms with Gasteiger partial charge in [-0.05, 0) is 53.5 Å². The van der Waals surface area contributed by atoms with Gasteiger partial charge in [0.1, 0.15) is 12.1 Å². The van der Waals surface area contributed by atoms with Gasteiger partial charge in [0.25, 0.3) is 0 Å². The van der Waals surface area contributed by atoms with Crippen molar-refractivity contribution in [3.63, 3.8) is 0 Å². The van der Waals surface area contributed by atoms with Gasteiger partial charge in [-0.2, -0.15) is 0 Å². The summed E-state index contributed by atoms with van der Waals surface area (Å²) in [5.41, 5.74) is 2.44. The molecule has 0 bridgehead atoms. The van der Waals surface area contributed by atoms with Crippen LogP contribution in [0.5, 0.6) is 0 Å². The Morgan fingerprint density at radius 2 is 1.69 bits per heavy atom. The van der Waals surface area contributed by atoms with Gasteiger partial charge in [-0.3, -0.25) is 9.59 Å². The molecule has 0 aromatic heterocycles. The summed E-state index contributed by atoms with van der Waals surface area (Å²) in [4.78, 5) is 40.8. The summed E-state index contributed by atoms with van der Waals surface area (Å²) in [5.74, 6) is -1.93. The molecule has 4 rings (SSSR count). The molecule has 1 aliphatic heterocycles. The van der Waals surface area contributed by atoms with Gasteiger partial charge in [0.15, 0.2) is 9.84 Å². The lowest BCUT2D eigenvalue weighted by molar-refractivity contribution is -0.154. The highest BCUT2D eigenvalue weighted by atomic mass is 32.2. The van der Waals surface area contributed by atoms with Crippen LogP contribution in [-0.2, 0) is 38.8 Å². The van der Waals surface area contributed by atoms with E-state index in [1.165, 1.54) is 28.2 Å². The van der Waals surface area contributed by atoms with Crippen molar-refractivity contribution in [2.75, 3.05) is 6.26 Å². The Morgan fingerprint density at radius 3 is 2.22 bits per heavy atom. The van der Waals surface area contributed by atoms with Crippen LogP contribution in [-0.4, -0.2) is 54.5 Å². The molecule has 2 aliphatic rings. The number of piperazine rings is 1. The number of sulfone groups is 1. The second-order valence-corrected chi connectivity index (χ2v) is 11.8. The number of carbonyl (C=O) groups excluding carboxylic acids is 2. The van der Waals surface area contributed by atoms with Gasteiger partial charge < -0.3 is 15.3 Å². The van der Waals surface area contributed by atoms with Crippen molar-refractivity contribution in [1.29, 1.82) is 0 Å². The molecule has 2 N–H and O–H groups in total. The predicted molar refractivity (Wildman–Crippen MR) is 134 cm³/mol. The van der Waals surface area contributed by atoms with Crippen molar-refractivity contribution < 1.29 is 27.9 Å². The van der Waals surface area contributed by atoms with Crippen molar-refractivity contribution >= 4 is 27.6 Å². The summed E-state index contributed by atoms with van der Waals surface area (Å²) in [5, 5.41) is 12.8. The number of rotatable bonds is 8. The molecule has 1 saturated heterocycles. The Kier molecular flexibility index (Phi) is 7.22. The number of nitrogens with zero attached hydrogens (tertiary/aromatic N) is 1. The fraction of sp³-hybridized carbons (Fsp3) is 0.444. The molecule has 1 unspecified atom stereocenters. The fourth-order valence-electron chi connectivity index (χ4n) is 5.59. The van der Waals surface area contributed by atoms with E-state index in [1.807, 2.05) is 38.1 Å². The maximum Gasteiger partial charge on any atom is 0.336 e. The minimum atomic E-state index is -3.61. The quantitative estimate of drug-likeness (QED) is 0.561. The summed E-state index contributed by atoms with van der Waals surface area (Å²) in [6.07, 6.45) is 3.73. The number of benzene rings is 2. The van der Waals surface area contributed by atoms with Crippen molar-refractivity contribution in [2.24, 2.45) is 11.8 Å². The van der Waals surface area contributed by atoms with Gasteiger partial charge in [0, 0.05) is 12.8 Å². The zero-order valence-electron chi connectivity index (χ0n) is 20.7. The molecule has 2 amide bonds. The molecule has 36 heavy (non-hydrogen) atoms. The van der Waals surface area contributed by atoms with E-state index < -0.39 is 27.9 Å². The maximum atomic E-state index is 13.9. The molecule has 9 heteroatoms. The van der Waals surface area contributed by atoms with Gasteiger partial charge in [-0.1, -0.05) is 57.0 Å². The smallest absolute Gasteiger partial charge is 0.336 e. The van der Waals surface area contributed by atoms with Gasteiger partial charge in [-0.25, -0.2) is 13.2 Å². The largest absolute Gasteiger partial charge is 0.478 e. The van der Waals surface area contributed by atoms with Crippen LogP contribution in [0.1, 0.15) is 53.7 Å². The van der Waals surface area contributed by atoms with Crippen LogP contribution in [0.3, 0.4) is 0 Å². The van der Waals surface area contributed by atoms with E-state index in [1.54, 1.807) is 0 Å². The van der Waals surface area contributed by atoms with Crippen LogP contribution in [0.2, 0.25) is 0 Å². The Bertz CT molecular complexity index is 1280. The SMILES string of the molecule is CCC(CC)[C@@H]1C(=O)NC(C2Cc3ccccc3C2)C(=O)N1Cc1ccc(S(C)(=O)=O)cc1C(=O)O. The zero-order valence-corrected chi connectivity index (χ0v) is 21.5. The van der Waals surface area contributed by atoms with E-state index in [-0.39, 0.29) is 40.7 Å². The number of nitrogens with one attached hydrogen (secondary N) is 1. The Morgan fingerprint density at radius 1 is 1.08 bits per heavy atom.